The average Bonchev–Trinajstić information content (AvgIpc) is 2.76. The molecule has 0 spiro atoms. The molecule has 0 saturated carbocycles. The second-order valence-electron chi connectivity index (χ2n) is 3.33. The van der Waals surface area contributed by atoms with Crippen molar-refractivity contribution >= 4 is 45.2 Å². The highest BCUT2D eigenvalue weighted by Gasteiger charge is 1.96. The number of para-hydroxylation sites is 1. The van der Waals surface area contributed by atoms with E-state index in [1.54, 1.807) is 18.3 Å². The summed E-state index contributed by atoms with van der Waals surface area (Å²) in [7, 11) is 0. The van der Waals surface area contributed by atoms with Gasteiger partial charge in [-0.15, -0.1) is 0 Å². The minimum Gasteiger partial charge on any atom is -0.448 e. The number of rotatable bonds is 3. The number of hydrogen-bond acceptors (Lipinski definition) is 3. The van der Waals surface area contributed by atoms with Gasteiger partial charge in [0.05, 0.1) is 6.21 Å². The quantitative estimate of drug-likeness (QED) is 0.516. The number of hydrazone groups is 1. The van der Waals surface area contributed by atoms with Crippen LogP contribution in [-0.4, -0.2) is 11.3 Å². The van der Waals surface area contributed by atoms with Crippen molar-refractivity contribution in [1.82, 2.24) is 5.43 Å². The van der Waals surface area contributed by atoms with Crippen LogP contribution in [0.4, 0.5) is 5.69 Å². The number of nitrogens with zero attached hydrogens (tertiary/aromatic N) is 1. The molecule has 1 heterocycles. The molecule has 0 saturated heterocycles. The minimum absolute atomic E-state index is 0.420. The van der Waals surface area contributed by atoms with Gasteiger partial charge in [-0.1, -0.05) is 18.2 Å². The molecule has 2 N–H and O–H groups in total. The molecule has 0 radical (unpaired) electrons. The molecule has 0 atom stereocenters. The van der Waals surface area contributed by atoms with Crippen LogP contribution in [0.2, 0.25) is 0 Å². The third-order valence-corrected chi connectivity index (χ3v) is 2.60. The number of benzene rings is 1. The van der Waals surface area contributed by atoms with E-state index in [4.69, 9.17) is 16.6 Å². The van der Waals surface area contributed by atoms with Crippen LogP contribution in [0.5, 0.6) is 0 Å². The predicted octanol–water partition coefficient (Wildman–Crippen LogP) is 3.36. The highest BCUT2D eigenvalue weighted by molar-refractivity contribution is 9.10. The summed E-state index contributed by atoms with van der Waals surface area (Å²) >= 11 is 8.29. The van der Waals surface area contributed by atoms with E-state index in [9.17, 15) is 0 Å². The first-order chi connectivity index (χ1) is 8.74. The van der Waals surface area contributed by atoms with Crippen LogP contribution in [0.1, 0.15) is 5.76 Å². The van der Waals surface area contributed by atoms with Crippen molar-refractivity contribution in [2.75, 3.05) is 5.32 Å². The van der Waals surface area contributed by atoms with Crippen molar-refractivity contribution in [2.24, 2.45) is 5.10 Å². The molecule has 1 aromatic carbocycles. The Kier molecular flexibility index (Phi) is 4.49. The number of thiocarbonyl (C=S) groups is 1. The first-order valence-electron chi connectivity index (χ1n) is 5.14. The van der Waals surface area contributed by atoms with E-state index in [2.05, 4.69) is 31.8 Å². The molecule has 0 unspecified atom stereocenters. The van der Waals surface area contributed by atoms with Crippen LogP contribution in [0.15, 0.2) is 56.7 Å². The molecule has 0 aliphatic carbocycles. The molecule has 0 amide bonds. The van der Waals surface area contributed by atoms with E-state index in [1.165, 1.54) is 0 Å². The Balaban J connectivity index is 1.83. The Bertz CT molecular complexity index is 553. The molecular weight excluding hydrogens is 314 g/mol. The van der Waals surface area contributed by atoms with Crippen LogP contribution in [0.3, 0.4) is 0 Å². The lowest BCUT2D eigenvalue weighted by atomic mass is 10.3. The largest absolute Gasteiger partial charge is 0.448 e. The molecule has 4 nitrogen and oxygen atoms in total. The first-order valence-corrected chi connectivity index (χ1v) is 6.34. The topological polar surface area (TPSA) is 49.6 Å². The van der Waals surface area contributed by atoms with E-state index in [-0.39, 0.29) is 0 Å². The second kappa shape index (κ2) is 6.32. The van der Waals surface area contributed by atoms with E-state index in [0.29, 0.717) is 15.5 Å². The molecule has 0 fully saturated rings. The Labute approximate surface area is 118 Å². The Hall–Kier alpha value is -1.66. The van der Waals surface area contributed by atoms with Gasteiger partial charge in [0.25, 0.3) is 0 Å². The monoisotopic (exact) mass is 323 g/mol. The predicted molar refractivity (Wildman–Crippen MR) is 79.8 cm³/mol. The number of furan rings is 1. The van der Waals surface area contributed by atoms with Crippen molar-refractivity contribution in [3.8, 4) is 0 Å². The van der Waals surface area contributed by atoms with Crippen LogP contribution >= 0.6 is 28.1 Å². The fourth-order valence-electron chi connectivity index (χ4n) is 1.23. The summed E-state index contributed by atoms with van der Waals surface area (Å²) < 4.78 is 5.91. The molecule has 2 aromatic rings. The van der Waals surface area contributed by atoms with Crippen LogP contribution in [0.25, 0.3) is 0 Å². The SMILES string of the molecule is S=C(N/N=C/c1ccc(Br)o1)Nc1ccccc1. The van der Waals surface area contributed by atoms with Gasteiger partial charge in [-0.05, 0) is 52.4 Å². The zero-order chi connectivity index (χ0) is 12.8. The smallest absolute Gasteiger partial charge is 0.191 e. The number of hydrogen-bond donors (Lipinski definition) is 2. The molecule has 18 heavy (non-hydrogen) atoms. The molecule has 0 aliphatic heterocycles. The van der Waals surface area contributed by atoms with Gasteiger partial charge in [0.1, 0.15) is 5.76 Å². The van der Waals surface area contributed by atoms with Crippen molar-refractivity contribution in [1.29, 1.82) is 0 Å². The fourth-order valence-corrected chi connectivity index (χ4v) is 1.72. The summed E-state index contributed by atoms with van der Waals surface area (Å²) in [4.78, 5) is 0. The van der Waals surface area contributed by atoms with Gasteiger partial charge in [0.15, 0.2) is 9.78 Å². The fraction of sp³-hybridized carbons (Fsp3) is 0. The summed E-state index contributed by atoms with van der Waals surface area (Å²) in [5.41, 5.74) is 3.61. The van der Waals surface area contributed by atoms with Gasteiger partial charge in [0.2, 0.25) is 0 Å². The standard InChI is InChI=1S/C12H10BrN3OS/c13-11-7-6-10(17-11)8-14-16-12(18)15-9-4-2-1-3-5-9/h1-8H,(H2,15,16,18)/b14-8+. The second-order valence-corrected chi connectivity index (χ2v) is 4.52. The highest BCUT2D eigenvalue weighted by atomic mass is 79.9. The minimum atomic E-state index is 0.420. The molecular formula is C12H10BrN3OS. The van der Waals surface area contributed by atoms with Gasteiger partial charge in [0, 0.05) is 5.69 Å². The third-order valence-electron chi connectivity index (χ3n) is 1.98. The summed E-state index contributed by atoms with van der Waals surface area (Å²) in [6.07, 6.45) is 1.55. The Morgan fingerprint density at radius 3 is 2.67 bits per heavy atom. The number of nitrogens with one attached hydrogen (secondary N) is 2. The van der Waals surface area contributed by atoms with Crippen molar-refractivity contribution < 1.29 is 4.42 Å². The van der Waals surface area contributed by atoms with E-state index >= 15 is 0 Å². The van der Waals surface area contributed by atoms with Crippen molar-refractivity contribution in [3.05, 3.63) is 52.9 Å². The molecule has 1 aromatic heterocycles. The molecule has 92 valence electrons. The van der Waals surface area contributed by atoms with E-state index in [1.807, 2.05) is 30.3 Å². The lowest BCUT2D eigenvalue weighted by Gasteiger charge is -2.05. The lowest BCUT2D eigenvalue weighted by molar-refractivity contribution is 0.534. The number of anilines is 1. The molecule has 0 aliphatic rings. The summed E-state index contributed by atoms with van der Waals surface area (Å²) in [5.74, 6) is 0.636. The van der Waals surface area contributed by atoms with Gasteiger partial charge >= 0.3 is 0 Å². The van der Waals surface area contributed by atoms with Gasteiger partial charge in [-0.3, -0.25) is 5.43 Å². The van der Waals surface area contributed by atoms with Crippen LogP contribution in [-0.2, 0) is 0 Å². The van der Waals surface area contributed by atoms with Gasteiger partial charge in [-0.25, -0.2) is 0 Å². The zero-order valence-electron chi connectivity index (χ0n) is 9.26. The maximum Gasteiger partial charge on any atom is 0.191 e. The van der Waals surface area contributed by atoms with Crippen LogP contribution in [0, 0.1) is 0 Å². The van der Waals surface area contributed by atoms with Crippen molar-refractivity contribution in [2.45, 2.75) is 0 Å². The Morgan fingerprint density at radius 2 is 2.00 bits per heavy atom. The molecule has 6 heteroatoms. The van der Waals surface area contributed by atoms with E-state index < -0.39 is 0 Å². The van der Waals surface area contributed by atoms with Gasteiger partial charge < -0.3 is 9.73 Å². The maximum atomic E-state index is 5.25. The zero-order valence-corrected chi connectivity index (χ0v) is 11.7. The molecule has 0 bridgehead atoms. The molecule has 2 rings (SSSR count). The van der Waals surface area contributed by atoms with Crippen LogP contribution < -0.4 is 10.7 Å². The Morgan fingerprint density at radius 1 is 1.22 bits per heavy atom. The van der Waals surface area contributed by atoms with Gasteiger partial charge in [-0.2, -0.15) is 5.10 Å². The lowest BCUT2D eigenvalue weighted by Crippen LogP contribution is -2.23. The highest BCUT2D eigenvalue weighted by Crippen LogP contribution is 2.12. The first kappa shape index (κ1) is 12.8. The summed E-state index contributed by atoms with van der Waals surface area (Å²) in [5, 5.41) is 7.38. The van der Waals surface area contributed by atoms with E-state index in [0.717, 1.165) is 5.69 Å². The maximum absolute atomic E-state index is 5.25. The summed E-state index contributed by atoms with van der Waals surface area (Å²) in [6, 6.07) is 13.2. The number of halogens is 1. The van der Waals surface area contributed by atoms with Crippen molar-refractivity contribution in [3.63, 3.8) is 0 Å². The summed E-state index contributed by atoms with van der Waals surface area (Å²) in [6.45, 7) is 0. The average molecular weight is 324 g/mol. The third kappa shape index (κ3) is 3.97. The normalized spacial score (nSPS) is 10.5.